The summed E-state index contributed by atoms with van der Waals surface area (Å²) in [6.07, 6.45) is 3.45. The van der Waals surface area contributed by atoms with Gasteiger partial charge in [-0.2, -0.15) is 0 Å². The summed E-state index contributed by atoms with van der Waals surface area (Å²) >= 11 is 0. The lowest BCUT2D eigenvalue weighted by molar-refractivity contribution is -0.133. The average molecular weight is 523 g/mol. The van der Waals surface area contributed by atoms with E-state index in [0.29, 0.717) is 34.6 Å². The van der Waals surface area contributed by atoms with E-state index < -0.39 is 30.1 Å². The second-order valence-corrected chi connectivity index (χ2v) is 9.28. The van der Waals surface area contributed by atoms with E-state index in [1.807, 2.05) is 37.3 Å². The lowest BCUT2D eigenvalue weighted by atomic mass is 9.77. The largest absolute Gasteiger partial charge is 0.493 e. The molecule has 38 heavy (non-hydrogen) atoms. The Hall–Kier alpha value is -3.66. The standard InChI is InChI=1S/C29H34N2O7/c1-3-4-10-24(34)31(16-18-8-6-5-7-9-18)22-15-21(29(36)30-11-12-32)25-20-13-19(17-33)14-23(37-2)27(20)38-28(25)26(22)35/h4-10,13-15,22,25-26,28,32-33,35H,3,11-12,16-17H2,1-2H3,(H,30,36)/t22-,25+,26+,28+/m1/s1. The van der Waals surface area contributed by atoms with Crippen LogP contribution in [0.3, 0.4) is 0 Å². The lowest BCUT2D eigenvalue weighted by Gasteiger charge is -2.40. The number of carbonyl (C=O) groups is 2. The van der Waals surface area contributed by atoms with Gasteiger partial charge in [-0.05, 0) is 41.8 Å². The van der Waals surface area contributed by atoms with Gasteiger partial charge in [0, 0.05) is 24.2 Å². The minimum absolute atomic E-state index is 0.0421. The molecule has 2 aliphatic rings. The molecule has 2 aromatic carbocycles. The second kappa shape index (κ2) is 12.3. The molecule has 1 aliphatic heterocycles. The molecule has 9 nitrogen and oxygen atoms in total. The van der Waals surface area contributed by atoms with Crippen LogP contribution in [0.2, 0.25) is 0 Å². The molecule has 4 rings (SSSR count). The van der Waals surface area contributed by atoms with Crippen LogP contribution in [0.15, 0.2) is 66.3 Å². The fraction of sp³-hybridized carbons (Fsp3) is 0.379. The Morgan fingerprint density at radius 3 is 2.58 bits per heavy atom. The molecular formula is C29H34N2O7. The van der Waals surface area contributed by atoms with E-state index in [1.165, 1.54) is 18.1 Å². The number of benzene rings is 2. The number of amides is 2. The van der Waals surface area contributed by atoms with Gasteiger partial charge in [-0.15, -0.1) is 0 Å². The fourth-order valence-electron chi connectivity index (χ4n) is 5.04. The summed E-state index contributed by atoms with van der Waals surface area (Å²) in [5.41, 5.74) is 2.35. The van der Waals surface area contributed by atoms with Crippen molar-refractivity contribution in [2.45, 2.75) is 50.7 Å². The Bertz CT molecular complexity index is 1210. The van der Waals surface area contributed by atoms with Crippen LogP contribution >= 0.6 is 0 Å². The number of carbonyl (C=O) groups excluding carboxylic acids is 2. The molecule has 0 aromatic heterocycles. The number of aliphatic hydroxyl groups is 3. The van der Waals surface area contributed by atoms with Crippen LogP contribution in [0.1, 0.15) is 36.0 Å². The maximum Gasteiger partial charge on any atom is 0.247 e. The molecule has 0 saturated heterocycles. The van der Waals surface area contributed by atoms with Gasteiger partial charge in [0.1, 0.15) is 12.2 Å². The van der Waals surface area contributed by atoms with Gasteiger partial charge in [-0.25, -0.2) is 0 Å². The molecule has 2 aromatic rings. The number of hydrogen-bond acceptors (Lipinski definition) is 7. The Morgan fingerprint density at radius 1 is 1.16 bits per heavy atom. The van der Waals surface area contributed by atoms with Crippen molar-refractivity contribution in [2.75, 3.05) is 20.3 Å². The van der Waals surface area contributed by atoms with Crippen LogP contribution < -0.4 is 14.8 Å². The van der Waals surface area contributed by atoms with Crippen LogP contribution in [0.25, 0.3) is 0 Å². The van der Waals surface area contributed by atoms with Gasteiger partial charge in [0.05, 0.1) is 32.3 Å². The van der Waals surface area contributed by atoms with Crippen molar-refractivity contribution in [3.8, 4) is 11.5 Å². The van der Waals surface area contributed by atoms with E-state index in [-0.39, 0.29) is 32.2 Å². The zero-order chi connectivity index (χ0) is 27.2. The summed E-state index contributed by atoms with van der Waals surface area (Å²) in [6.45, 7) is 1.69. The van der Waals surface area contributed by atoms with Crippen molar-refractivity contribution in [3.63, 3.8) is 0 Å². The third kappa shape index (κ3) is 5.45. The van der Waals surface area contributed by atoms with Crippen molar-refractivity contribution in [3.05, 3.63) is 83.0 Å². The van der Waals surface area contributed by atoms with Gasteiger partial charge in [0.2, 0.25) is 11.8 Å². The van der Waals surface area contributed by atoms with Crippen LogP contribution in [0.4, 0.5) is 0 Å². The van der Waals surface area contributed by atoms with Gasteiger partial charge in [-0.1, -0.05) is 43.3 Å². The Morgan fingerprint density at radius 2 is 1.92 bits per heavy atom. The minimum atomic E-state index is -1.17. The first-order valence-corrected chi connectivity index (χ1v) is 12.7. The van der Waals surface area contributed by atoms with E-state index in [1.54, 1.807) is 24.3 Å². The Kier molecular flexibility index (Phi) is 8.83. The molecular weight excluding hydrogens is 488 g/mol. The van der Waals surface area contributed by atoms with Gasteiger partial charge in [0.15, 0.2) is 11.5 Å². The quantitative estimate of drug-likeness (QED) is 0.350. The number of methoxy groups -OCH3 is 1. The second-order valence-electron chi connectivity index (χ2n) is 9.28. The third-order valence-corrected chi connectivity index (χ3v) is 6.83. The number of rotatable bonds is 10. The predicted octanol–water partition coefficient (Wildman–Crippen LogP) is 1.81. The zero-order valence-corrected chi connectivity index (χ0v) is 21.5. The first-order valence-electron chi connectivity index (χ1n) is 12.7. The highest BCUT2D eigenvalue weighted by atomic mass is 16.5. The number of fused-ring (bicyclic) bond motifs is 3. The van der Waals surface area contributed by atoms with Crippen LogP contribution in [-0.4, -0.2) is 70.5 Å². The van der Waals surface area contributed by atoms with Crippen LogP contribution in [0.5, 0.6) is 11.5 Å². The molecule has 0 fully saturated rings. The number of ether oxygens (including phenoxy) is 2. The highest BCUT2D eigenvalue weighted by Crippen LogP contribution is 2.51. The summed E-state index contributed by atoms with van der Waals surface area (Å²) in [7, 11) is 1.48. The van der Waals surface area contributed by atoms with Gasteiger partial charge in [0.25, 0.3) is 0 Å². The van der Waals surface area contributed by atoms with Crippen LogP contribution in [0, 0.1) is 0 Å². The maximum atomic E-state index is 13.4. The average Bonchev–Trinajstić information content (AvgIpc) is 3.34. The first kappa shape index (κ1) is 27.4. The minimum Gasteiger partial charge on any atom is -0.493 e. The van der Waals surface area contributed by atoms with E-state index in [2.05, 4.69) is 5.32 Å². The fourth-order valence-corrected chi connectivity index (χ4v) is 5.04. The van der Waals surface area contributed by atoms with E-state index in [0.717, 1.165) is 5.56 Å². The Labute approximate surface area is 222 Å². The van der Waals surface area contributed by atoms with Crippen molar-refractivity contribution >= 4 is 11.8 Å². The Balaban J connectivity index is 1.82. The molecule has 1 heterocycles. The van der Waals surface area contributed by atoms with E-state index >= 15 is 0 Å². The van der Waals surface area contributed by atoms with Gasteiger partial charge >= 0.3 is 0 Å². The molecule has 0 bridgehead atoms. The molecule has 0 radical (unpaired) electrons. The molecule has 4 N–H and O–H groups in total. The summed E-state index contributed by atoms with van der Waals surface area (Å²) in [5.74, 6) is -0.655. The predicted molar refractivity (Wildman–Crippen MR) is 140 cm³/mol. The number of aliphatic hydroxyl groups excluding tert-OH is 3. The smallest absolute Gasteiger partial charge is 0.247 e. The highest BCUT2D eigenvalue weighted by Gasteiger charge is 2.51. The SMILES string of the molecule is CCC=CC(=O)N(Cc1ccccc1)[C@@H]1C=C(C(=O)NCCO)[C@@H]2c3cc(CO)cc(OC)c3O[C@@H]2[C@H]1O. The third-order valence-electron chi connectivity index (χ3n) is 6.83. The molecule has 0 unspecified atom stereocenters. The zero-order valence-electron chi connectivity index (χ0n) is 21.5. The number of hydrogen-bond donors (Lipinski definition) is 4. The highest BCUT2D eigenvalue weighted by molar-refractivity contribution is 5.96. The summed E-state index contributed by atoms with van der Waals surface area (Å²) in [6, 6.07) is 11.9. The van der Waals surface area contributed by atoms with E-state index in [4.69, 9.17) is 9.47 Å². The topological polar surface area (TPSA) is 129 Å². The van der Waals surface area contributed by atoms with Crippen molar-refractivity contribution in [1.29, 1.82) is 0 Å². The maximum absolute atomic E-state index is 13.4. The van der Waals surface area contributed by atoms with Crippen molar-refractivity contribution in [1.82, 2.24) is 10.2 Å². The monoisotopic (exact) mass is 522 g/mol. The number of allylic oxidation sites excluding steroid dienone is 1. The van der Waals surface area contributed by atoms with Crippen LogP contribution in [-0.2, 0) is 22.7 Å². The number of nitrogens with one attached hydrogen (secondary N) is 1. The lowest BCUT2D eigenvalue weighted by Crippen LogP contribution is -2.55. The molecule has 202 valence electrons. The first-order chi connectivity index (χ1) is 18.4. The normalized spacial score (nSPS) is 21.8. The van der Waals surface area contributed by atoms with Gasteiger partial charge in [-0.3, -0.25) is 9.59 Å². The summed E-state index contributed by atoms with van der Waals surface area (Å²) < 4.78 is 11.7. The number of nitrogens with zero attached hydrogens (tertiary/aromatic N) is 1. The molecule has 0 spiro atoms. The molecule has 1 aliphatic carbocycles. The summed E-state index contributed by atoms with van der Waals surface area (Å²) in [5, 5.41) is 33.4. The molecule has 4 atom stereocenters. The molecule has 2 amide bonds. The molecule has 9 heteroatoms. The molecule has 0 saturated carbocycles. The van der Waals surface area contributed by atoms with Crippen molar-refractivity contribution in [2.24, 2.45) is 0 Å². The van der Waals surface area contributed by atoms with Gasteiger partial charge < -0.3 is 35.0 Å². The van der Waals surface area contributed by atoms with E-state index in [9.17, 15) is 24.9 Å². The van der Waals surface area contributed by atoms with Crippen molar-refractivity contribution < 1.29 is 34.4 Å². The summed E-state index contributed by atoms with van der Waals surface area (Å²) in [4.78, 5) is 28.3.